The number of carbonyl (C=O) groups excluding carboxylic acids is 1. The molecule has 1 amide bonds. The van der Waals surface area contributed by atoms with Gasteiger partial charge < -0.3 is 5.32 Å². The molecule has 0 aliphatic rings. The maximum absolute atomic E-state index is 12.2. The highest BCUT2D eigenvalue weighted by molar-refractivity contribution is 6.18. The molecule has 0 bridgehead atoms. The van der Waals surface area contributed by atoms with Crippen molar-refractivity contribution >= 4 is 17.5 Å². The molecule has 0 spiro atoms. The first-order valence-electron chi connectivity index (χ1n) is 6.05. The molecule has 1 aromatic carbocycles. The van der Waals surface area contributed by atoms with Crippen LogP contribution in [0.5, 0.6) is 0 Å². The van der Waals surface area contributed by atoms with Crippen LogP contribution in [0.15, 0.2) is 48.7 Å². The van der Waals surface area contributed by atoms with Crippen molar-refractivity contribution in [1.82, 2.24) is 10.3 Å². The number of pyridine rings is 1. The summed E-state index contributed by atoms with van der Waals surface area (Å²) in [5.41, 5.74) is 2.28. The van der Waals surface area contributed by atoms with Gasteiger partial charge in [0.15, 0.2) is 0 Å². The Morgan fingerprint density at radius 1 is 1.26 bits per heavy atom. The van der Waals surface area contributed by atoms with Gasteiger partial charge in [0.2, 0.25) is 0 Å². The van der Waals surface area contributed by atoms with Crippen molar-refractivity contribution in [1.29, 1.82) is 0 Å². The molecular formula is C15H15ClN2O. The molecular weight excluding hydrogens is 260 g/mol. The standard InChI is InChI=1S/C15H15ClN2O/c1-11-13(8-5-9-17-11)15(19)18-14(10-16)12-6-3-2-4-7-12/h2-9,14H,10H2,1H3,(H,18,19). The molecule has 3 nitrogen and oxygen atoms in total. The van der Waals surface area contributed by atoms with Crippen LogP contribution in [0.4, 0.5) is 0 Å². The third kappa shape index (κ3) is 3.32. The van der Waals surface area contributed by atoms with Gasteiger partial charge in [-0.05, 0) is 24.6 Å². The van der Waals surface area contributed by atoms with Crippen molar-refractivity contribution < 1.29 is 4.79 Å². The fourth-order valence-electron chi connectivity index (χ4n) is 1.86. The number of halogens is 1. The summed E-state index contributed by atoms with van der Waals surface area (Å²) in [5.74, 6) is 0.176. The Labute approximate surface area is 117 Å². The smallest absolute Gasteiger partial charge is 0.253 e. The van der Waals surface area contributed by atoms with Crippen molar-refractivity contribution in [3.05, 3.63) is 65.5 Å². The van der Waals surface area contributed by atoms with Gasteiger partial charge in [-0.1, -0.05) is 30.3 Å². The Balaban J connectivity index is 2.16. The summed E-state index contributed by atoms with van der Waals surface area (Å²) in [4.78, 5) is 16.3. The minimum atomic E-state index is -0.199. The summed E-state index contributed by atoms with van der Waals surface area (Å²) in [7, 11) is 0. The van der Waals surface area contributed by atoms with Crippen LogP contribution in [-0.2, 0) is 0 Å². The molecule has 1 atom stereocenters. The SMILES string of the molecule is Cc1ncccc1C(=O)NC(CCl)c1ccccc1. The zero-order chi connectivity index (χ0) is 13.7. The third-order valence-electron chi connectivity index (χ3n) is 2.91. The molecule has 2 rings (SSSR count). The van der Waals surface area contributed by atoms with Gasteiger partial charge in [0.25, 0.3) is 5.91 Å². The highest BCUT2D eigenvalue weighted by Gasteiger charge is 2.16. The average molecular weight is 275 g/mol. The number of hydrogen-bond donors (Lipinski definition) is 1. The van der Waals surface area contributed by atoms with Crippen molar-refractivity contribution in [2.75, 3.05) is 5.88 Å². The zero-order valence-corrected chi connectivity index (χ0v) is 11.4. The lowest BCUT2D eigenvalue weighted by Crippen LogP contribution is -2.30. The maximum Gasteiger partial charge on any atom is 0.253 e. The summed E-state index contributed by atoms with van der Waals surface area (Å²) in [5, 5.41) is 2.93. The Bertz CT molecular complexity index is 557. The number of carbonyl (C=O) groups is 1. The summed E-state index contributed by atoms with van der Waals surface area (Å²) in [6.45, 7) is 1.81. The van der Waals surface area contributed by atoms with E-state index >= 15 is 0 Å². The molecule has 0 aliphatic heterocycles. The molecule has 4 heteroatoms. The van der Waals surface area contributed by atoms with Crippen LogP contribution in [0, 0.1) is 6.92 Å². The average Bonchev–Trinajstić information content (AvgIpc) is 2.46. The second-order valence-electron chi connectivity index (χ2n) is 4.23. The first-order valence-corrected chi connectivity index (χ1v) is 6.59. The highest BCUT2D eigenvalue weighted by Crippen LogP contribution is 2.15. The summed E-state index contributed by atoms with van der Waals surface area (Å²) in [6, 6.07) is 13.0. The molecule has 0 saturated heterocycles. The Morgan fingerprint density at radius 3 is 2.63 bits per heavy atom. The molecule has 1 aromatic heterocycles. The number of nitrogens with zero attached hydrogens (tertiary/aromatic N) is 1. The van der Waals surface area contributed by atoms with Crippen LogP contribution in [0.1, 0.15) is 27.7 Å². The van der Waals surface area contributed by atoms with Gasteiger partial charge in [-0.3, -0.25) is 9.78 Å². The zero-order valence-electron chi connectivity index (χ0n) is 10.6. The minimum absolute atomic E-state index is 0.153. The van der Waals surface area contributed by atoms with Gasteiger partial charge in [-0.15, -0.1) is 11.6 Å². The Kier molecular flexibility index (Phi) is 4.53. The maximum atomic E-state index is 12.2. The number of hydrogen-bond acceptors (Lipinski definition) is 2. The Hall–Kier alpha value is -1.87. The van der Waals surface area contributed by atoms with Gasteiger partial charge in [-0.2, -0.15) is 0 Å². The number of benzene rings is 1. The first-order chi connectivity index (χ1) is 9.22. The van der Waals surface area contributed by atoms with E-state index in [1.54, 1.807) is 18.3 Å². The monoisotopic (exact) mass is 274 g/mol. The molecule has 1 unspecified atom stereocenters. The van der Waals surface area contributed by atoms with E-state index in [1.165, 1.54) is 0 Å². The number of amides is 1. The van der Waals surface area contributed by atoms with Crippen molar-refractivity contribution in [2.45, 2.75) is 13.0 Å². The molecule has 0 radical (unpaired) electrons. The van der Waals surface area contributed by atoms with E-state index in [1.807, 2.05) is 37.3 Å². The van der Waals surface area contributed by atoms with Crippen molar-refractivity contribution in [3.8, 4) is 0 Å². The molecule has 2 aromatic rings. The molecule has 0 aliphatic carbocycles. The van der Waals surface area contributed by atoms with E-state index < -0.39 is 0 Å². The van der Waals surface area contributed by atoms with Crippen LogP contribution in [0.2, 0.25) is 0 Å². The van der Waals surface area contributed by atoms with Crippen molar-refractivity contribution in [2.24, 2.45) is 0 Å². The number of aromatic nitrogens is 1. The molecule has 0 fully saturated rings. The van der Waals surface area contributed by atoms with Crippen LogP contribution in [-0.4, -0.2) is 16.8 Å². The van der Waals surface area contributed by atoms with Crippen LogP contribution in [0.3, 0.4) is 0 Å². The van der Waals surface area contributed by atoms with Gasteiger partial charge in [-0.25, -0.2) is 0 Å². The van der Waals surface area contributed by atoms with Crippen LogP contribution < -0.4 is 5.32 Å². The second kappa shape index (κ2) is 6.34. The first kappa shape index (κ1) is 13.6. The number of aryl methyl sites for hydroxylation is 1. The third-order valence-corrected chi connectivity index (χ3v) is 3.22. The molecule has 0 saturated carbocycles. The fraction of sp³-hybridized carbons (Fsp3) is 0.200. The minimum Gasteiger partial charge on any atom is -0.344 e. The van der Waals surface area contributed by atoms with Crippen LogP contribution >= 0.6 is 11.6 Å². The largest absolute Gasteiger partial charge is 0.344 e. The molecule has 19 heavy (non-hydrogen) atoms. The number of alkyl halides is 1. The Morgan fingerprint density at radius 2 is 2.00 bits per heavy atom. The molecule has 98 valence electrons. The van der Waals surface area contributed by atoms with Gasteiger partial charge in [0.1, 0.15) is 0 Å². The van der Waals surface area contributed by atoms with E-state index in [0.717, 1.165) is 5.56 Å². The lowest BCUT2D eigenvalue weighted by molar-refractivity contribution is 0.0939. The second-order valence-corrected chi connectivity index (χ2v) is 4.54. The summed E-state index contributed by atoms with van der Waals surface area (Å²) >= 11 is 5.94. The lowest BCUT2D eigenvalue weighted by Gasteiger charge is -2.17. The van der Waals surface area contributed by atoms with E-state index in [-0.39, 0.29) is 11.9 Å². The summed E-state index contributed by atoms with van der Waals surface area (Å²) in [6.07, 6.45) is 1.67. The van der Waals surface area contributed by atoms with Gasteiger partial charge in [0.05, 0.1) is 11.6 Å². The summed E-state index contributed by atoms with van der Waals surface area (Å²) < 4.78 is 0. The molecule has 1 N–H and O–H groups in total. The predicted octanol–water partition coefficient (Wildman–Crippen LogP) is 3.10. The number of rotatable bonds is 4. The number of nitrogens with one attached hydrogen (secondary N) is 1. The normalized spacial score (nSPS) is 11.9. The fourth-order valence-corrected chi connectivity index (χ4v) is 2.11. The topological polar surface area (TPSA) is 42.0 Å². The van der Waals surface area contributed by atoms with Gasteiger partial charge >= 0.3 is 0 Å². The van der Waals surface area contributed by atoms with E-state index in [9.17, 15) is 4.79 Å². The van der Waals surface area contributed by atoms with E-state index in [0.29, 0.717) is 17.1 Å². The molecule has 1 heterocycles. The van der Waals surface area contributed by atoms with E-state index in [4.69, 9.17) is 11.6 Å². The van der Waals surface area contributed by atoms with Crippen LogP contribution in [0.25, 0.3) is 0 Å². The van der Waals surface area contributed by atoms with Crippen molar-refractivity contribution in [3.63, 3.8) is 0 Å². The van der Waals surface area contributed by atoms with Gasteiger partial charge in [0, 0.05) is 17.8 Å². The lowest BCUT2D eigenvalue weighted by atomic mass is 10.1. The quantitative estimate of drug-likeness (QED) is 0.871. The highest BCUT2D eigenvalue weighted by atomic mass is 35.5. The predicted molar refractivity (Wildman–Crippen MR) is 76.3 cm³/mol. The van der Waals surface area contributed by atoms with E-state index in [2.05, 4.69) is 10.3 Å².